The molecule has 0 fully saturated rings. The molecule has 1 N–H and O–H groups in total. The van der Waals surface area contributed by atoms with Gasteiger partial charge in [0.15, 0.2) is 6.16 Å². The van der Waals surface area contributed by atoms with E-state index in [0.717, 1.165) is 28.1 Å². The summed E-state index contributed by atoms with van der Waals surface area (Å²) in [7, 11) is -0.252. The standard InChI is InChI=1S/C24H32NO4P/c1-7-21(24(27)25-23-17(2)13-20(28-4)14-18(23)3)30(5,6)16-22(26)29-15-19-11-9-8-10-12-19/h8-14,21H,7,15-16H2,1-6H3/p+1. The number of carbonyl (C=O) groups is 2. The molecule has 0 aliphatic carbocycles. The van der Waals surface area contributed by atoms with Crippen LogP contribution in [0.15, 0.2) is 42.5 Å². The molecular weight excluding hydrogens is 397 g/mol. The third-order valence-electron chi connectivity index (χ3n) is 5.30. The van der Waals surface area contributed by atoms with E-state index in [0.29, 0.717) is 6.42 Å². The van der Waals surface area contributed by atoms with Crippen molar-refractivity contribution in [3.8, 4) is 5.75 Å². The van der Waals surface area contributed by atoms with Crippen LogP contribution in [0, 0.1) is 13.8 Å². The van der Waals surface area contributed by atoms with Crippen LogP contribution < -0.4 is 10.1 Å². The average Bonchev–Trinajstić information content (AvgIpc) is 2.69. The van der Waals surface area contributed by atoms with Gasteiger partial charge < -0.3 is 14.8 Å². The van der Waals surface area contributed by atoms with Crippen LogP contribution in [0.1, 0.15) is 30.0 Å². The van der Waals surface area contributed by atoms with E-state index in [2.05, 4.69) is 18.6 Å². The van der Waals surface area contributed by atoms with Crippen LogP contribution in [0.25, 0.3) is 0 Å². The average molecular weight is 431 g/mol. The number of esters is 1. The number of hydrogen-bond acceptors (Lipinski definition) is 4. The zero-order valence-corrected chi connectivity index (χ0v) is 19.7. The molecule has 1 unspecified atom stereocenters. The van der Waals surface area contributed by atoms with Crippen molar-refractivity contribution < 1.29 is 19.1 Å². The summed E-state index contributed by atoms with van der Waals surface area (Å²) in [5, 5.41) is 3.10. The Labute approximate surface area is 180 Å². The van der Waals surface area contributed by atoms with Gasteiger partial charge in [-0.2, -0.15) is 0 Å². The minimum absolute atomic E-state index is 0.0388. The molecule has 1 atom stereocenters. The minimum atomic E-state index is -1.88. The van der Waals surface area contributed by atoms with Gasteiger partial charge >= 0.3 is 5.97 Å². The highest BCUT2D eigenvalue weighted by Crippen LogP contribution is 2.57. The molecule has 0 aliphatic rings. The van der Waals surface area contributed by atoms with Crippen LogP contribution in [-0.2, 0) is 20.9 Å². The highest BCUT2D eigenvalue weighted by atomic mass is 31.2. The Morgan fingerprint density at radius 2 is 1.67 bits per heavy atom. The Kier molecular flexibility index (Phi) is 8.43. The van der Waals surface area contributed by atoms with Gasteiger partial charge in [-0.25, -0.2) is 4.79 Å². The third-order valence-corrected chi connectivity index (χ3v) is 8.66. The summed E-state index contributed by atoms with van der Waals surface area (Å²) in [5.74, 6) is 0.479. The number of carbonyl (C=O) groups excluding carboxylic acids is 2. The number of amides is 1. The van der Waals surface area contributed by atoms with Crippen molar-refractivity contribution in [2.75, 3.05) is 31.9 Å². The van der Waals surface area contributed by atoms with Gasteiger partial charge in [0.1, 0.15) is 18.0 Å². The molecule has 0 saturated heterocycles. The van der Waals surface area contributed by atoms with Crippen molar-refractivity contribution >= 4 is 24.8 Å². The van der Waals surface area contributed by atoms with Gasteiger partial charge in [0, 0.05) is 26.3 Å². The lowest BCUT2D eigenvalue weighted by molar-refractivity contribution is -0.141. The van der Waals surface area contributed by atoms with Gasteiger partial charge in [0.05, 0.1) is 7.11 Å². The second kappa shape index (κ2) is 10.6. The van der Waals surface area contributed by atoms with Crippen molar-refractivity contribution in [1.82, 2.24) is 0 Å². The Hall–Kier alpha value is -2.39. The molecule has 0 spiro atoms. The van der Waals surface area contributed by atoms with E-state index in [1.54, 1.807) is 7.11 Å². The van der Waals surface area contributed by atoms with E-state index in [1.807, 2.05) is 63.2 Å². The maximum atomic E-state index is 13.1. The molecule has 0 aromatic heterocycles. The molecule has 2 aromatic carbocycles. The summed E-state index contributed by atoms with van der Waals surface area (Å²) in [6.07, 6.45) is 0.958. The van der Waals surface area contributed by atoms with Crippen molar-refractivity contribution in [3.63, 3.8) is 0 Å². The number of aryl methyl sites for hydroxylation is 2. The van der Waals surface area contributed by atoms with E-state index in [4.69, 9.17) is 9.47 Å². The molecule has 0 saturated carbocycles. The van der Waals surface area contributed by atoms with Gasteiger partial charge in [-0.15, -0.1) is 0 Å². The van der Waals surface area contributed by atoms with Crippen LogP contribution in [-0.4, -0.2) is 44.1 Å². The van der Waals surface area contributed by atoms with Gasteiger partial charge in [0.25, 0.3) is 5.91 Å². The summed E-state index contributed by atoms with van der Waals surface area (Å²) in [6, 6.07) is 13.4. The summed E-state index contributed by atoms with van der Waals surface area (Å²) < 4.78 is 10.8. The fourth-order valence-corrected chi connectivity index (χ4v) is 6.33. The molecule has 30 heavy (non-hydrogen) atoms. The zero-order chi connectivity index (χ0) is 22.3. The SMILES string of the molecule is CCC(C(=O)Nc1c(C)cc(OC)cc1C)[P+](C)(C)CC(=O)OCc1ccccc1. The Morgan fingerprint density at radius 1 is 1.07 bits per heavy atom. The highest BCUT2D eigenvalue weighted by Gasteiger charge is 2.43. The second-order valence-corrected chi connectivity index (χ2v) is 12.6. The number of nitrogens with one attached hydrogen (secondary N) is 1. The number of hydrogen-bond donors (Lipinski definition) is 1. The van der Waals surface area contributed by atoms with Crippen molar-refractivity contribution in [2.45, 2.75) is 39.5 Å². The molecule has 162 valence electrons. The van der Waals surface area contributed by atoms with Crippen LogP contribution in [0.5, 0.6) is 5.75 Å². The van der Waals surface area contributed by atoms with Crippen LogP contribution in [0.2, 0.25) is 0 Å². The van der Waals surface area contributed by atoms with E-state index < -0.39 is 7.26 Å². The van der Waals surface area contributed by atoms with E-state index in [1.165, 1.54) is 0 Å². The molecule has 2 rings (SSSR count). The first kappa shape index (κ1) is 23.9. The number of methoxy groups -OCH3 is 1. The highest BCUT2D eigenvalue weighted by molar-refractivity contribution is 7.76. The Bertz CT molecular complexity index is 857. The van der Waals surface area contributed by atoms with E-state index >= 15 is 0 Å². The Balaban J connectivity index is 2.05. The van der Waals surface area contributed by atoms with Crippen molar-refractivity contribution in [3.05, 3.63) is 59.2 Å². The quantitative estimate of drug-likeness (QED) is 0.447. The first-order valence-electron chi connectivity index (χ1n) is 10.2. The number of anilines is 1. The monoisotopic (exact) mass is 430 g/mol. The lowest BCUT2D eigenvalue weighted by Crippen LogP contribution is -2.32. The molecule has 1 amide bonds. The second-order valence-electron chi connectivity index (χ2n) is 8.13. The zero-order valence-electron chi connectivity index (χ0n) is 18.8. The summed E-state index contributed by atoms with van der Waals surface area (Å²) >= 11 is 0. The van der Waals surface area contributed by atoms with Gasteiger partial charge in [-0.05, 0) is 49.1 Å². The third kappa shape index (κ3) is 6.30. The van der Waals surface area contributed by atoms with Gasteiger partial charge in [0.2, 0.25) is 0 Å². The molecule has 0 heterocycles. The maximum Gasteiger partial charge on any atom is 0.344 e. The van der Waals surface area contributed by atoms with E-state index in [9.17, 15) is 9.59 Å². The number of benzene rings is 2. The number of rotatable bonds is 9. The van der Waals surface area contributed by atoms with Gasteiger partial charge in [-0.3, -0.25) is 4.79 Å². The molecule has 2 aromatic rings. The Morgan fingerprint density at radius 3 is 2.20 bits per heavy atom. The summed E-state index contributed by atoms with van der Waals surface area (Å²) in [5.41, 5.74) is 3.45. The van der Waals surface area contributed by atoms with E-state index in [-0.39, 0.29) is 30.3 Å². The van der Waals surface area contributed by atoms with Crippen molar-refractivity contribution in [1.29, 1.82) is 0 Å². The molecule has 0 radical (unpaired) electrons. The predicted octanol–water partition coefficient (Wildman–Crippen LogP) is 5.05. The molecule has 5 nitrogen and oxygen atoms in total. The first-order valence-corrected chi connectivity index (χ1v) is 13.1. The number of ether oxygens (including phenoxy) is 2. The van der Waals surface area contributed by atoms with Crippen LogP contribution in [0.4, 0.5) is 5.69 Å². The van der Waals surface area contributed by atoms with Crippen LogP contribution >= 0.6 is 7.26 Å². The fourth-order valence-electron chi connectivity index (χ4n) is 3.67. The smallest absolute Gasteiger partial charge is 0.344 e. The topological polar surface area (TPSA) is 64.6 Å². The summed E-state index contributed by atoms with van der Waals surface area (Å²) in [6.45, 7) is 10.3. The van der Waals surface area contributed by atoms with Gasteiger partial charge in [-0.1, -0.05) is 37.3 Å². The maximum absolute atomic E-state index is 13.1. The lowest BCUT2D eigenvalue weighted by Gasteiger charge is -2.26. The molecule has 0 bridgehead atoms. The normalized spacial score (nSPS) is 12.2. The summed E-state index contributed by atoms with van der Waals surface area (Å²) in [4.78, 5) is 25.6. The lowest BCUT2D eigenvalue weighted by atomic mass is 10.1. The van der Waals surface area contributed by atoms with Crippen LogP contribution in [0.3, 0.4) is 0 Å². The molecule has 6 heteroatoms. The fraction of sp³-hybridized carbons (Fsp3) is 0.417. The predicted molar refractivity (Wildman–Crippen MR) is 125 cm³/mol. The van der Waals surface area contributed by atoms with Crippen molar-refractivity contribution in [2.24, 2.45) is 0 Å². The largest absolute Gasteiger partial charge is 0.497 e. The molecule has 0 aliphatic heterocycles. The minimum Gasteiger partial charge on any atom is -0.497 e. The molecular formula is C24H33NO4P+. The first-order chi connectivity index (χ1) is 14.2.